The molecule has 0 atom stereocenters. The monoisotopic (exact) mass is 250 g/mol. The summed E-state index contributed by atoms with van der Waals surface area (Å²) in [5.41, 5.74) is 7.98. The lowest BCUT2D eigenvalue weighted by molar-refractivity contribution is 0.0757. The Balaban J connectivity index is 2.34. The average Bonchev–Trinajstić information content (AvgIpc) is 2.31. The van der Waals surface area contributed by atoms with Crippen molar-refractivity contribution >= 4 is 11.6 Å². The SMILES string of the molecule is Cc1cc(C(=O)NCCCOC(C)C)ccc1N. The third-order valence-electron chi connectivity index (χ3n) is 2.59. The summed E-state index contributed by atoms with van der Waals surface area (Å²) in [6.45, 7) is 7.17. The van der Waals surface area contributed by atoms with Crippen molar-refractivity contribution in [2.75, 3.05) is 18.9 Å². The Bertz CT molecular complexity index is 403. The number of nitrogen functional groups attached to an aromatic ring is 1. The van der Waals surface area contributed by atoms with Crippen LogP contribution in [0.25, 0.3) is 0 Å². The van der Waals surface area contributed by atoms with Crippen molar-refractivity contribution < 1.29 is 9.53 Å². The van der Waals surface area contributed by atoms with Gasteiger partial charge in [0.25, 0.3) is 5.91 Å². The molecule has 4 nitrogen and oxygen atoms in total. The van der Waals surface area contributed by atoms with Crippen molar-refractivity contribution in [1.29, 1.82) is 0 Å². The summed E-state index contributed by atoms with van der Waals surface area (Å²) in [6.07, 6.45) is 1.05. The average molecular weight is 250 g/mol. The van der Waals surface area contributed by atoms with Crippen LogP contribution in [0.5, 0.6) is 0 Å². The first-order valence-corrected chi connectivity index (χ1v) is 6.26. The Hall–Kier alpha value is -1.55. The highest BCUT2D eigenvalue weighted by Gasteiger charge is 2.05. The van der Waals surface area contributed by atoms with Gasteiger partial charge in [-0.1, -0.05) is 0 Å². The Morgan fingerprint density at radius 2 is 2.17 bits per heavy atom. The molecule has 0 fully saturated rings. The molecule has 0 radical (unpaired) electrons. The molecule has 0 aromatic heterocycles. The standard InChI is InChI=1S/C14H22N2O2/c1-10(2)18-8-4-7-16-14(17)12-5-6-13(15)11(3)9-12/h5-6,9-10H,4,7-8,15H2,1-3H3,(H,16,17). The number of aryl methyl sites for hydroxylation is 1. The van der Waals surface area contributed by atoms with Crippen LogP contribution in [0.1, 0.15) is 36.2 Å². The van der Waals surface area contributed by atoms with Crippen LogP contribution in [0.15, 0.2) is 18.2 Å². The van der Waals surface area contributed by atoms with Gasteiger partial charge in [0.2, 0.25) is 0 Å². The maximum Gasteiger partial charge on any atom is 0.251 e. The fourth-order valence-electron chi connectivity index (χ4n) is 1.51. The number of nitrogens with one attached hydrogen (secondary N) is 1. The van der Waals surface area contributed by atoms with Gasteiger partial charge < -0.3 is 15.8 Å². The normalized spacial score (nSPS) is 10.7. The summed E-state index contributed by atoms with van der Waals surface area (Å²) >= 11 is 0. The minimum absolute atomic E-state index is 0.0670. The molecule has 0 heterocycles. The second-order valence-electron chi connectivity index (χ2n) is 4.60. The molecule has 0 unspecified atom stereocenters. The molecule has 1 aromatic carbocycles. The van der Waals surface area contributed by atoms with E-state index >= 15 is 0 Å². The largest absolute Gasteiger partial charge is 0.399 e. The van der Waals surface area contributed by atoms with Gasteiger partial charge >= 0.3 is 0 Å². The molecule has 0 saturated carbocycles. The lowest BCUT2D eigenvalue weighted by atomic mass is 10.1. The van der Waals surface area contributed by atoms with Gasteiger partial charge in [-0.05, 0) is 51.0 Å². The first kappa shape index (κ1) is 14.5. The van der Waals surface area contributed by atoms with Crippen LogP contribution in [0, 0.1) is 6.92 Å². The summed E-state index contributed by atoms with van der Waals surface area (Å²) in [5, 5.41) is 2.86. The fraction of sp³-hybridized carbons (Fsp3) is 0.500. The molecular weight excluding hydrogens is 228 g/mol. The molecule has 1 amide bonds. The molecule has 1 rings (SSSR count). The molecule has 0 saturated heterocycles. The molecule has 4 heteroatoms. The minimum Gasteiger partial charge on any atom is -0.399 e. The van der Waals surface area contributed by atoms with Gasteiger partial charge in [0.05, 0.1) is 6.10 Å². The lowest BCUT2D eigenvalue weighted by Crippen LogP contribution is -2.25. The van der Waals surface area contributed by atoms with Crippen molar-refractivity contribution in [2.24, 2.45) is 0 Å². The smallest absolute Gasteiger partial charge is 0.251 e. The molecule has 0 spiro atoms. The van der Waals surface area contributed by atoms with Crippen LogP contribution < -0.4 is 11.1 Å². The predicted octanol–water partition coefficient (Wildman–Crippen LogP) is 2.12. The molecule has 1 aromatic rings. The highest BCUT2D eigenvalue weighted by atomic mass is 16.5. The second kappa shape index (κ2) is 7.01. The van der Waals surface area contributed by atoms with E-state index in [0.29, 0.717) is 24.4 Å². The first-order valence-electron chi connectivity index (χ1n) is 6.26. The van der Waals surface area contributed by atoms with E-state index in [4.69, 9.17) is 10.5 Å². The van der Waals surface area contributed by atoms with Crippen LogP contribution in [-0.4, -0.2) is 25.2 Å². The highest BCUT2D eigenvalue weighted by Crippen LogP contribution is 2.12. The van der Waals surface area contributed by atoms with Crippen molar-refractivity contribution in [3.63, 3.8) is 0 Å². The summed E-state index contributed by atoms with van der Waals surface area (Å²) in [6, 6.07) is 5.30. The third-order valence-corrected chi connectivity index (χ3v) is 2.59. The van der Waals surface area contributed by atoms with E-state index in [-0.39, 0.29) is 12.0 Å². The third kappa shape index (κ3) is 4.75. The zero-order valence-electron chi connectivity index (χ0n) is 11.3. The van der Waals surface area contributed by atoms with E-state index in [1.807, 2.05) is 20.8 Å². The number of nitrogens with two attached hydrogens (primary N) is 1. The van der Waals surface area contributed by atoms with E-state index in [1.54, 1.807) is 18.2 Å². The van der Waals surface area contributed by atoms with E-state index in [1.165, 1.54) is 0 Å². The molecule has 3 N–H and O–H groups in total. The van der Waals surface area contributed by atoms with Crippen LogP contribution in [0.2, 0.25) is 0 Å². The zero-order valence-corrected chi connectivity index (χ0v) is 11.3. The van der Waals surface area contributed by atoms with Crippen molar-refractivity contribution in [1.82, 2.24) is 5.32 Å². The predicted molar refractivity (Wildman–Crippen MR) is 73.6 cm³/mol. The van der Waals surface area contributed by atoms with Gasteiger partial charge in [-0.2, -0.15) is 0 Å². The number of carbonyl (C=O) groups is 1. The maximum absolute atomic E-state index is 11.8. The van der Waals surface area contributed by atoms with Crippen LogP contribution in [-0.2, 0) is 4.74 Å². The number of carbonyl (C=O) groups excluding carboxylic acids is 1. The van der Waals surface area contributed by atoms with Gasteiger partial charge in [-0.15, -0.1) is 0 Å². The van der Waals surface area contributed by atoms with Crippen molar-refractivity contribution in [3.05, 3.63) is 29.3 Å². The van der Waals surface area contributed by atoms with Gasteiger partial charge in [0.1, 0.15) is 0 Å². The molecule has 0 aliphatic carbocycles. The topological polar surface area (TPSA) is 64.3 Å². The van der Waals surface area contributed by atoms with Crippen LogP contribution in [0.4, 0.5) is 5.69 Å². The number of hydrogen-bond donors (Lipinski definition) is 2. The Morgan fingerprint density at radius 3 is 2.78 bits per heavy atom. The lowest BCUT2D eigenvalue weighted by Gasteiger charge is -2.09. The Labute approximate surface area is 109 Å². The summed E-state index contributed by atoms with van der Waals surface area (Å²) < 4.78 is 5.40. The van der Waals surface area contributed by atoms with E-state index in [9.17, 15) is 4.79 Å². The summed E-state index contributed by atoms with van der Waals surface area (Å²) in [5.74, 6) is -0.0670. The number of rotatable bonds is 6. The second-order valence-corrected chi connectivity index (χ2v) is 4.60. The van der Waals surface area contributed by atoms with E-state index < -0.39 is 0 Å². The van der Waals surface area contributed by atoms with Crippen molar-refractivity contribution in [3.8, 4) is 0 Å². The first-order chi connectivity index (χ1) is 8.50. The summed E-state index contributed by atoms with van der Waals surface area (Å²) in [7, 11) is 0. The van der Waals surface area contributed by atoms with Gasteiger partial charge in [-0.3, -0.25) is 4.79 Å². The fourth-order valence-corrected chi connectivity index (χ4v) is 1.51. The van der Waals surface area contributed by atoms with Gasteiger partial charge in [-0.25, -0.2) is 0 Å². The van der Waals surface area contributed by atoms with Crippen LogP contribution >= 0.6 is 0 Å². The number of anilines is 1. The quantitative estimate of drug-likeness (QED) is 0.600. The summed E-state index contributed by atoms with van der Waals surface area (Å²) in [4.78, 5) is 11.8. The molecule has 0 aliphatic heterocycles. The highest BCUT2D eigenvalue weighted by molar-refractivity contribution is 5.94. The Morgan fingerprint density at radius 1 is 1.44 bits per heavy atom. The number of hydrogen-bond acceptors (Lipinski definition) is 3. The van der Waals surface area contributed by atoms with E-state index in [2.05, 4.69) is 5.32 Å². The van der Waals surface area contributed by atoms with Crippen molar-refractivity contribution in [2.45, 2.75) is 33.3 Å². The molecule has 0 aliphatic rings. The zero-order chi connectivity index (χ0) is 13.5. The molecule has 100 valence electrons. The van der Waals surface area contributed by atoms with E-state index in [0.717, 1.165) is 12.0 Å². The molecule has 18 heavy (non-hydrogen) atoms. The van der Waals surface area contributed by atoms with Crippen LogP contribution in [0.3, 0.4) is 0 Å². The van der Waals surface area contributed by atoms with Gasteiger partial charge in [0, 0.05) is 24.4 Å². The number of ether oxygens (including phenoxy) is 1. The Kier molecular flexibility index (Phi) is 5.65. The minimum atomic E-state index is -0.0670. The number of amides is 1. The number of benzene rings is 1. The molecular formula is C14H22N2O2. The maximum atomic E-state index is 11.8. The molecule has 0 bridgehead atoms. The van der Waals surface area contributed by atoms with Gasteiger partial charge in [0.15, 0.2) is 0 Å².